The lowest BCUT2D eigenvalue weighted by Gasteiger charge is -2.37. The van der Waals surface area contributed by atoms with Gasteiger partial charge in [0.15, 0.2) is 5.82 Å². The van der Waals surface area contributed by atoms with Gasteiger partial charge in [0.1, 0.15) is 0 Å². The topological polar surface area (TPSA) is 49.3 Å². The Balaban J connectivity index is 1.60. The molecular weight excluding hydrogens is 474 g/mol. The van der Waals surface area contributed by atoms with Crippen molar-refractivity contribution >= 4 is 5.91 Å². The smallest absolute Gasteiger partial charge is 0.338 e. The number of benzene rings is 1. The maximum Gasteiger partial charge on any atom is 0.416 e. The number of hydrogen-bond donors (Lipinski definition) is 0. The molecule has 2 aromatic rings. The van der Waals surface area contributed by atoms with Crippen LogP contribution in [0.2, 0.25) is 0 Å². The molecule has 2 saturated heterocycles. The molecule has 5 nitrogen and oxygen atoms in total. The maximum atomic E-state index is 13.3. The first-order valence-corrected chi connectivity index (χ1v) is 11.5. The third-order valence-corrected chi connectivity index (χ3v) is 6.74. The second kappa shape index (κ2) is 9.40. The van der Waals surface area contributed by atoms with Gasteiger partial charge in [-0.2, -0.15) is 26.3 Å². The molecule has 2 aliphatic rings. The van der Waals surface area contributed by atoms with Crippen molar-refractivity contribution in [3.8, 4) is 11.4 Å². The Kier molecular flexibility index (Phi) is 6.82. The minimum Gasteiger partial charge on any atom is -0.338 e. The zero-order valence-electron chi connectivity index (χ0n) is 19.4. The van der Waals surface area contributed by atoms with E-state index in [1.165, 1.54) is 26.7 Å². The molecule has 0 saturated carbocycles. The monoisotopic (exact) mass is 500 g/mol. The number of likely N-dealkylation sites (tertiary alicyclic amines) is 2. The van der Waals surface area contributed by atoms with Crippen molar-refractivity contribution in [2.45, 2.75) is 57.9 Å². The van der Waals surface area contributed by atoms with Crippen LogP contribution >= 0.6 is 0 Å². The Labute approximate surface area is 199 Å². The van der Waals surface area contributed by atoms with E-state index >= 15 is 0 Å². The Hall–Kier alpha value is -2.69. The Morgan fingerprint density at radius 1 is 0.829 bits per heavy atom. The summed E-state index contributed by atoms with van der Waals surface area (Å²) in [5.74, 6) is -0.563. The minimum atomic E-state index is -4.98. The second-order valence-electron chi connectivity index (χ2n) is 9.15. The van der Waals surface area contributed by atoms with E-state index in [4.69, 9.17) is 0 Å². The fraction of sp³-hybridized carbons (Fsp3) is 0.542. The lowest BCUT2D eigenvalue weighted by atomic mass is 10.0. The number of nitrogens with zero attached hydrogens (tertiary/aromatic N) is 4. The van der Waals surface area contributed by atoms with E-state index in [1.54, 1.807) is 4.90 Å². The van der Waals surface area contributed by atoms with Gasteiger partial charge in [-0.25, -0.2) is 9.97 Å². The van der Waals surface area contributed by atoms with Crippen LogP contribution in [0.1, 0.15) is 58.6 Å². The van der Waals surface area contributed by atoms with E-state index < -0.39 is 29.0 Å². The van der Waals surface area contributed by atoms with Crippen molar-refractivity contribution < 1.29 is 31.1 Å². The molecule has 3 heterocycles. The highest BCUT2D eigenvalue weighted by molar-refractivity contribution is 5.96. The van der Waals surface area contributed by atoms with Crippen LogP contribution in [-0.4, -0.2) is 57.9 Å². The Bertz CT molecular complexity index is 1040. The number of hydrogen-bond acceptors (Lipinski definition) is 4. The van der Waals surface area contributed by atoms with Crippen molar-refractivity contribution in [3.63, 3.8) is 0 Å². The maximum absolute atomic E-state index is 13.3. The molecule has 2 aliphatic heterocycles. The average molecular weight is 500 g/mol. The molecule has 0 spiro atoms. The zero-order valence-corrected chi connectivity index (χ0v) is 19.4. The number of aryl methyl sites for hydroxylation is 2. The fourth-order valence-corrected chi connectivity index (χ4v) is 4.94. The third-order valence-electron chi connectivity index (χ3n) is 6.74. The van der Waals surface area contributed by atoms with Crippen LogP contribution in [0.25, 0.3) is 11.4 Å². The Morgan fingerprint density at radius 2 is 1.31 bits per heavy atom. The summed E-state index contributed by atoms with van der Waals surface area (Å²) in [6, 6.07) is 1.70. The number of aromatic nitrogens is 2. The SMILES string of the molecule is Cc1nc(-c2cc(C(F)(F)F)cc(C(F)(F)F)c2)nc(C)c1C(=O)N1CCC(N2CCCC2)CC1. The minimum absolute atomic E-state index is 0.0624. The van der Waals surface area contributed by atoms with E-state index in [0.29, 0.717) is 31.3 Å². The highest BCUT2D eigenvalue weighted by Crippen LogP contribution is 2.38. The van der Waals surface area contributed by atoms with Crippen LogP contribution in [0.15, 0.2) is 18.2 Å². The van der Waals surface area contributed by atoms with Crippen LogP contribution in [0, 0.1) is 13.8 Å². The molecule has 1 aromatic carbocycles. The van der Waals surface area contributed by atoms with Gasteiger partial charge >= 0.3 is 12.4 Å². The predicted octanol–water partition coefficient (Wildman–Crippen LogP) is 5.50. The van der Waals surface area contributed by atoms with Gasteiger partial charge in [0.25, 0.3) is 5.91 Å². The number of halogens is 6. The summed E-state index contributed by atoms with van der Waals surface area (Å²) in [6.07, 6.45) is -5.86. The first-order chi connectivity index (χ1) is 16.3. The molecule has 0 radical (unpaired) electrons. The van der Waals surface area contributed by atoms with Gasteiger partial charge < -0.3 is 9.80 Å². The van der Waals surface area contributed by atoms with E-state index in [9.17, 15) is 31.1 Å². The number of carbonyl (C=O) groups is 1. The van der Waals surface area contributed by atoms with Crippen molar-refractivity contribution in [1.82, 2.24) is 19.8 Å². The largest absolute Gasteiger partial charge is 0.416 e. The van der Waals surface area contributed by atoms with Crippen molar-refractivity contribution in [3.05, 3.63) is 46.3 Å². The van der Waals surface area contributed by atoms with Gasteiger partial charge in [-0.05, 0) is 70.8 Å². The van der Waals surface area contributed by atoms with Gasteiger partial charge in [-0.1, -0.05) is 0 Å². The highest BCUT2D eigenvalue weighted by Gasteiger charge is 2.37. The van der Waals surface area contributed by atoms with E-state index in [-0.39, 0.29) is 34.7 Å². The summed E-state index contributed by atoms with van der Waals surface area (Å²) in [7, 11) is 0. The molecule has 1 amide bonds. The van der Waals surface area contributed by atoms with Gasteiger partial charge in [0.05, 0.1) is 28.1 Å². The average Bonchev–Trinajstić information content (AvgIpc) is 3.32. The standard InChI is InChI=1S/C24H26F6N4O/c1-14-20(22(35)34-9-5-19(6-10-34)33-7-3-4-8-33)15(2)32-21(31-14)16-11-17(23(25,26)27)13-18(12-16)24(28,29)30/h11-13,19H,3-10H2,1-2H3. The van der Waals surface area contributed by atoms with Gasteiger partial charge in [-0.15, -0.1) is 0 Å². The Morgan fingerprint density at radius 3 is 1.77 bits per heavy atom. The van der Waals surface area contributed by atoms with Crippen molar-refractivity contribution in [2.75, 3.05) is 26.2 Å². The fourth-order valence-electron chi connectivity index (χ4n) is 4.94. The molecule has 4 rings (SSSR count). The normalized spacial score (nSPS) is 18.3. The summed E-state index contributed by atoms with van der Waals surface area (Å²) in [5.41, 5.74) is -2.64. The molecule has 0 atom stereocenters. The van der Waals surface area contributed by atoms with Crippen LogP contribution in [0.3, 0.4) is 0 Å². The number of piperidine rings is 1. The summed E-state index contributed by atoms with van der Waals surface area (Å²) in [4.78, 5) is 25.7. The second-order valence-corrected chi connectivity index (χ2v) is 9.15. The third kappa shape index (κ3) is 5.44. The van der Waals surface area contributed by atoms with Crippen LogP contribution in [0.5, 0.6) is 0 Å². The molecule has 0 bridgehead atoms. The molecule has 1 aromatic heterocycles. The summed E-state index contributed by atoms with van der Waals surface area (Å²) < 4.78 is 79.5. The van der Waals surface area contributed by atoms with E-state index in [1.807, 2.05) is 0 Å². The number of carbonyl (C=O) groups excluding carboxylic acids is 1. The summed E-state index contributed by atoms with van der Waals surface area (Å²) in [6.45, 7) is 6.34. The number of rotatable bonds is 3. The summed E-state index contributed by atoms with van der Waals surface area (Å²) >= 11 is 0. The summed E-state index contributed by atoms with van der Waals surface area (Å²) in [5, 5.41) is 0. The van der Waals surface area contributed by atoms with Gasteiger partial charge in [-0.3, -0.25) is 4.79 Å². The molecule has 0 unspecified atom stereocenters. The lowest BCUT2D eigenvalue weighted by molar-refractivity contribution is -0.143. The number of alkyl halides is 6. The molecule has 0 N–H and O–H groups in total. The van der Waals surface area contributed by atoms with Crippen molar-refractivity contribution in [2.24, 2.45) is 0 Å². The first-order valence-electron chi connectivity index (χ1n) is 11.5. The van der Waals surface area contributed by atoms with Crippen LogP contribution < -0.4 is 0 Å². The van der Waals surface area contributed by atoms with Crippen LogP contribution in [-0.2, 0) is 12.4 Å². The molecular formula is C24H26F6N4O. The molecule has 2 fully saturated rings. The van der Waals surface area contributed by atoms with E-state index in [2.05, 4.69) is 14.9 Å². The predicted molar refractivity (Wildman–Crippen MR) is 117 cm³/mol. The molecule has 35 heavy (non-hydrogen) atoms. The highest BCUT2D eigenvalue weighted by atomic mass is 19.4. The zero-order chi connectivity index (χ0) is 25.5. The molecule has 0 aliphatic carbocycles. The van der Waals surface area contributed by atoms with E-state index in [0.717, 1.165) is 25.9 Å². The quantitative estimate of drug-likeness (QED) is 0.523. The van der Waals surface area contributed by atoms with Crippen LogP contribution in [0.4, 0.5) is 26.3 Å². The number of amides is 1. The lowest BCUT2D eigenvalue weighted by Crippen LogP contribution is -2.46. The molecule has 11 heteroatoms. The van der Waals surface area contributed by atoms with Crippen molar-refractivity contribution in [1.29, 1.82) is 0 Å². The molecule has 190 valence electrons. The van der Waals surface area contributed by atoms with Gasteiger partial charge in [0, 0.05) is 24.7 Å². The van der Waals surface area contributed by atoms with Gasteiger partial charge in [0.2, 0.25) is 0 Å². The first kappa shape index (κ1) is 25.4.